The fraction of sp³-hybridized carbons (Fsp3) is 0.421. The standard InChI is InChI=1S/C19H24N4OS/c1-14-7-12-25-18(14)19(24)23-10-8-22(9-11-23)17-13-16(20-21-17)15-5-3-2-4-6-15/h2-7,12,16-17,20-21H,8-11,13H2,1H3. The third-order valence-electron chi connectivity index (χ3n) is 5.18. The highest BCUT2D eigenvalue weighted by molar-refractivity contribution is 7.12. The van der Waals surface area contributed by atoms with Crippen molar-refractivity contribution >= 4 is 17.2 Å². The summed E-state index contributed by atoms with van der Waals surface area (Å²) in [6, 6.07) is 12.9. The minimum absolute atomic E-state index is 0.187. The summed E-state index contributed by atoms with van der Waals surface area (Å²) in [7, 11) is 0. The van der Waals surface area contributed by atoms with Gasteiger partial charge in [0.25, 0.3) is 5.91 Å². The first-order valence-electron chi connectivity index (χ1n) is 8.86. The van der Waals surface area contributed by atoms with Crippen molar-refractivity contribution in [3.8, 4) is 0 Å². The number of amides is 1. The van der Waals surface area contributed by atoms with Gasteiger partial charge >= 0.3 is 0 Å². The number of thiophene rings is 1. The second kappa shape index (κ2) is 7.25. The van der Waals surface area contributed by atoms with Crippen LogP contribution in [0, 0.1) is 6.92 Å². The Balaban J connectivity index is 1.32. The summed E-state index contributed by atoms with van der Waals surface area (Å²) >= 11 is 1.55. The quantitative estimate of drug-likeness (QED) is 0.887. The normalized spacial score (nSPS) is 24.6. The van der Waals surface area contributed by atoms with Crippen molar-refractivity contribution in [1.82, 2.24) is 20.7 Å². The molecule has 2 unspecified atom stereocenters. The maximum absolute atomic E-state index is 12.6. The lowest BCUT2D eigenvalue weighted by Crippen LogP contribution is -2.55. The molecule has 1 aromatic heterocycles. The van der Waals surface area contributed by atoms with E-state index >= 15 is 0 Å². The summed E-state index contributed by atoms with van der Waals surface area (Å²) in [4.78, 5) is 18.0. The van der Waals surface area contributed by atoms with Crippen molar-refractivity contribution in [1.29, 1.82) is 0 Å². The van der Waals surface area contributed by atoms with Crippen LogP contribution in [0.4, 0.5) is 0 Å². The summed E-state index contributed by atoms with van der Waals surface area (Å²) in [6.45, 7) is 5.43. The highest BCUT2D eigenvalue weighted by Gasteiger charge is 2.32. The number of benzene rings is 1. The number of carbonyl (C=O) groups excluding carboxylic acids is 1. The monoisotopic (exact) mass is 356 g/mol. The molecule has 0 saturated carbocycles. The van der Waals surface area contributed by atoms with Gasteiger partial charge in [-0.1, -0.05) is 30.3 Å². The molecule has 0 radical (unpaired) electrons. The van der Waals surface area contributed by atoms with Crippen LogP contribution in [0.2, 0.25) is 0 Å². The summed E-state index contributed by atoms with van der Waals surface area (Å²) in [5.74, 6) is 0.187. The summed E-state index contributed by atoms with van der Waals surface area (Å²) in [6.07, 6.45) is 1.37. The summed E-state index contributed by atoms with van der Waals surface area (Å²) in [5.41, 5.74) is 9.25. The molecule has 2 aromatic rings. The van der Waals surface area contributed by atoms with E-state index in [-0.39, 0.29) is 5.91 Å². The van der Waals surface area contributed by atoms with Crippen LogP contribution in [0.5, 0.6) is 0 Å². The first-order chi connectivity index (χ1) is 12.2. The SMILES string of the molecule is Cc1ccsc1C(=O)N1CCN(C2CC(c3ccccc3)NN2)CC1. The molecule has 6 heteroatoms. The molecule has 0 aliphatic carbocycles. The van der Waals surface area contributed by atoms with Gasteiger partial charge < -0.3 is 4.90 Å². The van der Waals surface area contributed by atoms with Crippen LogP contribution in [-0.2, 0) is 0 Å². The number of piperazine rings is 1. The molecule has 2 saturated heterocycles. The van der Waals surface area contributed by atoms with Gasteiger partial charge in [0, 0.05) is 32.2 Å². The molecular weight excluding hydrogens is 332 g/mol. The van der Waals surface area contributed by atoms with Gasteiger partial charge in [-0.3, -0.25) is 9.69 Å². The first kappa shape index (κ1) is 16.7. The molecule has 132 valence electrons. The number of hydrogen-bond donors (Lipinski definition) is 2. The van der Waals surface area contributed by atoms with Gasteiger partial charge in [0.2, 0.25) is 0 Å². The highest BCUT2D eigenvalue weighted by Crippen LogP contribution is 2.25. The van der Waals surface area contributed by atoms with Crippen LogP contribution in [0.15, 0.2) is 41.8 Å². The second-order valence-electron chi connectivity index (χ2n) is 6.76. The van der Waals surface area contributed by atoms with E-state index in [2.05, 4.69) is 46.1 Å². The third kappa shape index (κ3) is 3.48. The number of nitrogens with zero attached hydrogens (tertiary/aromatic N) is 2. The van der Waals surface area contributed by atoms with Crippen LogP contribution < -0.4 is 10.9 Å². The van der Waals surface area contributed by atoms with Crippen molar-refractivity contribution in [3.63, 3.8) is 0 Å². The largest absolute Gasteiger partial charge is 0.335 e. The Bertz CT molecular complexity index is 724. The molecule has 0 bridgehead atoms. The van der Waals surface area contributed by atoms with Gasteiger partial charge in [0.15, 0.2) is 0 Å². The van der Waals surface area contributed by atoms with Gasteiger partial charge in [-0.05, 0) is 35.9 Å². The Kier molecular flexibility index (Phi) is 4.85. The van der Waals surface area contributed by atoms with E-state index in [1.54, 1.807) is 11.3 Å². The van der Waals surface area contributed by atoms with Gasteiger partial charge in [-0.15, -0.1) is 11.3 Å². The first-order valence-corrected chi connectivity index (χ1v) is 9.74. The van der Waals surface area contributed by atoms with Crippen LogP contribution in [0.25, 0.3) is 0 Å². The Labute approximate surface area is 152 Å². The van der Waals surface area contributed by atoms with E-state index in [0.29, 0.717) is 12.2 Å². The Morgan fingerprint density at radius 3 is 2.52 bits per heavy atom. The van der Waals surface area contributed by atoms with E-state index in [1.165, 1.54) is 5.56 Å². The lowest BCUT2D eigenvalue weighted by atomic mass is 10.0. The predicted molar refractivity (Wildman–Crippen MR) is 100 cm³/mol. The van der Waals surface area contributed by atoms with Crippen LogP contribution in [0.1, 0.15) is 33.3 Å². The molecule has 0 spiro atoms. The zero-order valence-electron chi connectivity index (χ0n) is 14.4. The number of rotatable bonds is 3. The molecular formula is C19H24N4OS. The Morgan fingerprint density at radius 1 is 1.08 bits per heavy atom. The van der Waals surface area contributed by atoms with Crippen molar-refractivity contribution < 1.29 is 4.79 Å². The number of nitrogens with one attached hydrogen (secondary N) is 2. The number of carbonyl (C=O) groups is 1. The molecule has 1 aromatic carbocycles. The second-order valence-corrected chi connectivity index (χ2v) is 7.68. The maximum Gasteiger partial charge on any atom is 0.264 e. The van der Waals surface area contributed by atoms with E-state index in [0.717, 1.165) is 43.0 Å². The molecule has 5 nitrogen and oxygen atoms in total. The molecule has 2 atom stereocenters. The topological polar surface area (TPSA) is 47.6 Å². The minimum Gasteiger partial charge on any atom is -0.335 e. The minimum atomic E-state index is 0.187. The van der Waals surface area contributed by atoms with Crippen molar-refractivity contribution in [2.75, 3.05) is 26.2 Å². The lowest BCUT2D eigenvalue weighted by Gasteiger charge is -2.37. The average Bonchev–Trinajstić information content (AvgIpc) is 3.31. The highest BCUT2D eigenvalue weighted by atomic mass is 32.1. The smallest absolute Gasteiger partial charge is 0.264 e. The molecule has 2 N–H and O–H groups in total. The van der Waals surface area contributed by atoms with Crippen molar-refractivity contribution in [2.24, 2.45) is 0 Å². The zero-order chi connectivity index (χ0) is 17.2. The average molecular weight is 356 g/mol. The van der Waals surface area contributed by atoms with Gasteiger partial charge in [-0.25, -0.2) is 10.9 Å². The van der Waals surface area contributed by atoms with E-state index in [1.807, 2.05) is 23.3 Å². The fourth-order valence-electron chi connectivity index (χ4n) is 3.66. The number of hydrazine groups is 1. The van der Waals surface area contributed by atoms with Crippen LogP contribution in [-0.4, -0.2) is 48.1 Å². The van der Waals surface area contributed by atoms with Crippen molar-refractivity contribution in [3.05, 3.63) is 57.8 Å². The molecule has 1 amide bonds. The van der Waals surface area contributed by atoms with Crippen molar-refractivity contribution in [2.45, 2.75) is 25.6 Å². The lowest BCUT2D eigenvalue weighted by molar-refractivity contribution is 0.0548. The van der Waals surface area contributed by atoms with E-state index in [4.69, 9.17) is 0 Å². The summed E-state index contributed by atoms with van der Waals surface area (Å²) in [5, 5.41) is 2.00. The number of aryl methyl sites for hydroxylation is 1. The van der Waals surface area contributed by atoms with Gasteiger partial charge in [-0.2, -0.15) is 0 Å². The van der Waals surface area contributed by atoms with Crippen LogP contribution >= 0.6 is 11.3 Å². The molecule has 3 heterocycles. The third-order valence-corrected chi connectivity index (χ3v) is 6.19. The molecule has 25 heavy (non-hydrogen) atoms. The fourth-order valence-corrected chi connectivity index (χ4v) is 4.55. The van der Waals surface area contributed by atoms with Gasteiger partial charge in [0.1, 0.15) is 0 Å². The zero-order valence-corrected chi connectivity index (χ0v) is 15.3. The summed E-state index contributed by atoms with van der Waals surface area (Å²) < 4.78 is 0. The molecule has 4 rings (SSSR count). The molecule has 2 aliphatic heterocycles. The van der Waals surface area contributed by atoms with Gasteiger partial charge in [0.05, 0.1) is 11.0 Å². The maximum atomic E-state index is 12.6. The van der Waals surface area contributed by atoms with E-state index < -0.39 is 0 Å². The Morgan fingerprint density at radius 2 is 1.84 bits per heavy atom. The van der Waals surface area contributed by atoms with Crippen LogP contribution in [0.3, 0.4) is 0 Å². The molecule has 2 aliphatic rings. The number of hydrogen-bond acceptors (Lipinski definition) is 5. The predicted octanol–water partition coefficient (Wildman–Crippen LogP) is 2.38. The van der Waals surface area contributed by atoms with E-state index in [9.17, 15) is 4.79 Å². The molecule has 2 fully saturated rings. The Hall–Kier alpha value is -1.73.